The highest BCUT2D eigenvalue weighted by Crippen LogP contribution is 2.28. The minimum atomic E-state index is -3.58. The molecular weight excluding hydrogens is 354 g/mol. The maximum absolute atomic E-state index is 12.0. The first-order valence-corrected chi connectivity index (χ1v) is 10.3. The molecule has 1 atom stereocenters. The van der Waals surface area contributed by atoms with Gasteiger partial charge in [0.05, 0.1) is 19.5 Å². The summed E-state index contributed by atoms with van der Waals surface area (Å²) in [6.45, 7) is 3.43. The Morgan fingerprint density at radius 1 is 1.33 bits per heavy atom. The van der Waals surface area contributed by atoms with Gasteiger partial charge in [0.15, 0.2) is 11.5 Å². The molecule has 0 aromatic heterocycles. The standard InChI is InChI=1S/C16H22ClNO5S/c1-3-23-14-5-4-12(8-15(14)22-2)6-7-18-10-13(9-16(18)19)11-24(17,20)21/h4-5,8,13H,3,6-7,9-11H2,1-2H3. The average Bonchev–Trinajstić information content (AvgIpc) is 2.84. The van der Waals surface area contributed by atoms with Crippen molar-refractivity contribution in [3.63, 3.8) is 0 Å². The number of amides is 1. The maximum atomic E-state index is 12.0. The van der Waals surface area contributed by atoms with Crippen LogP contribution in [0.25, 0.3) is 0 Å². The van der Waals surface area contributed by atoms with Crippen molar-refractivity contribution < 1.29 is 22.7 Å². The summed E-state index contributed by atoms with van der Waals surface area (Å²) in [5.74, 6) is 0.933. The molecule has 0 radical (unpaired) electrons. The van der Waals surface area contributed by atoms with E-state index in [1.165, 1.54) is 0 Å². The minimum absolute atomic E-state index is 0.0294. The Labute approximate surface area is 147 Å². The lowest BCUT2D eigenvalue weighted by molar-refractivity contribution is -0.127. The van der Waals surface area contributed by atoms with Crippen LogP contribution in [0.1, 0.15) is 18.9 Å². The molecule has 6 nitrogen and oxygen atoms in total. The van der Waals surface area contributed by atoms with E-state index in [1.54, 1.807) is 12.0 Å². The number of methoxy groups -OCH3 is 1. The second-order valence-electron chi connectivity index (χ2n) is 5.78. The van der Waals surface area contributed by atoms with Gasteiger partial charge in [0, 0.05) is 36.1 Å². The van der Waals surface area contributed by atoms with E-state index in [-0.39, 0.29) is 24.0 Å². The smallest absolute Gasteiger partial charge is 0.232 e. The lowest BCUT2D eigenvalue weighted by atomic mass is 10.1. The number of hydrogen-bond donors (Lipinski definition) is 0. The Kier molecular flexibility index (Phi) is 6.34. The SMILES string of the molecule is CCOc1ccc(CCN2CC(CS(=O)(=O)Cl)CC2=O)cc1OC. The highest BCUT2D eigenvalue weighted by Gasteiger charge is 2.31. The van der Waals surface area contributed by atoms with Gasteiger partial charge in [-0.05, 0) is 31.0 Å². The van der Waals surface area contributed by atoms with E-state index in [0.717, 1.165) is 5.56 Å². The molecule has 24 heavy (non-hydrogen) atoms. The first-order chi connectivity index (χ1) is 11.3. The number of carbonyl (C=O) groups is 1. The molecule has 1 aromatic carbocycles. The zero-order chi connectivity index (χ0) is 17.7. The molecule has 8 heteroatoms. The highest BCUT2D eigenvalue weighted by atomic mass is 35.7. The molecule has 0 aliphatic carbocycles. The van der Waals surface area contributed by atoms with Crippen molar-refractivity contribution in [3.8, 4) is 11.5 Å². The summed E-state index contributed by atoms with van der Waals surface area (Å²) in [4.78, 5) is 13.7. The quantitative estimate of drug-likeness (QED) is 0.650. The Bertz CT molecular complexity index is 692. The fraction of sp³-hybridized carbons (Fsp3) is 0.562. The van der Waals surface area contributed by atoms with E-state index in [1.807, 2.05) is 25.1 Å². The summed E-state index contributed by atoms with van der Waals surface area (Å²) in [5, 5.41) is 0. The van der Waals surface area contributed by atoms with Gasteiger partial charge in [-0.3, -0.25) is 4.79 Å². The summed E-state index contributed by atoms with van der Waals surface area (Å²) < 4.78 is 33.1. The summed E-state index contributed by atoms with van der Waals surface area (Å²) >= 11 is 0. The van der Waals surface area contributed by atoms with Gasteiger partial charge in [-0.15, -0.1) is 0 Å². The van der Waals surface area contributed by atoms with Gasteiger partial charge in [-0.25, -0.2) is 8.42 Å². The fourth-order valence-corrected chi connectivity index (χ4v) is 4.19. The lowest BCUT2D eigenvalue weighted by Crippen LogP contribution is -2.28. The van der Waals surface area contributed by atoms with Crippen molar-refractivity contribution in [2.24, 2.45) is 5.92 Å². The zero-order valence-corrected chi connectivity index (χ0v) is 15.4. The number of rotatable bonds is 8. The monoisotopic (exact) mass is 375 g/mol. The fourth-order valence-electron chi connectivity index (χ4n) is 2.87. The van der Waals surface area contributed by atoms with Crippen LogP contribution in [0, 0.1) is 5.92 Å². The molecule has 1 unspecified atom stereocenters. The third kappa shape index (κ3) is 5.27. The van der Waals surface area contributed by atoms with E-state index in [2.05, 4.69) is 0 Å². The van der Waals surface area contributed by atoms with Crippen LogP contribution >= 0.6 is 10.7 Å². The number of ether oxygens (including phenoxy) is 2. The van der Waals surface area contributed by atoms with Crippen molar-refractivity contribution in [2.45, 2.75) is 19.8 Å². The highest BCUT2D eigenvalue weighted by molar-refractivity contribution is 8.13. The van der Waals surface area contributed by atoms with Crippen LogP contribution in [-0.2, 0) is 20.3 Å². The number of hydrogen-bond acceptors (Lipinski definition) is 5. The van der Waals surface area contributed by atoms with E-state index in [0.29, 0.717) is 37.6 Å². The van der Waals surface area contributed by atoms with Gasteiger partial charge in [0.1, 0.15) is 0 Å². The molecule has 2 rings (SSSR count). The van der Waals surface area contributed by atoms with Crippen molar-refractivity contribution in [1.82, 2.24) is 4.90 Å². The molecule has 0 spiro atoms. The van der Waals surface area contributed by atoms with Crippen molar-refractivity contribution in [1.29, 1.82) is 0 Å². The number of halogens is 1. The van der Waals surface area contributed by atoms with Gasteiger partial charge >= 0.3 is 0 Å². The van der Waals surface area contributed by atoms with Gasteiger partial charge < -0.3 is 14.4 Å². The second-order valence-corrected chi connectivity index (χ2v) is 8.61. The van der Waals surface area contributed by atoms with Crippen molar-refractivity contribution in [2.75, 3.05) is 32.6 Å². The van der Waals surface area contributed by atoms with Crippen molar-refractivity contribution >= 4 is 25.6 Å². The summed E-state index contributed by atoms with van der Waals surface area (Å²) in [7, 11) is 3.28. The Hall–Kier alpha value is -1.47. The van der Waals surface area contributed by atoms with Gasteiger partial charge in [0.2, 0.25) is 15.0 Å². The van der Waals surface area contributed by atoms with E-state index >= 15 is 0 Å². The second kappa shape index (κ2) is 8.07. The topological polar surface area (TPSA) is 72.9 Å². The van der Waals surface area contributed by atoms with Crippen LogP contribution in [-0.4, -0.2) is 51.8 Å². The number of carbonyl (C=O) groups excluding carboxylic acids is 1. The summed E-state index contributed by atoms with van der Waals surface area (Å²) in [5.41, 5.74) is 1.02. The van der Waals surface area contributed by atoms with Crippen LogP contribution in [0.3, 0.4) is 0 Å². The third-order valence-corrected chi connectivity index (χ3v) is 5.18. The molecule has 134 valence electrons. The molecule has 0 N–H and O–H groups in total. The normalized spacial score (nSPS) is 18.0. The third-order valence-electron chi connectivity index (χ3n) is 3.93. The van der Waals surface area contributed by atoms with Crippen LogP contribution in [0.4, 0.5) is 0 Å². The lowest BCUT2D eigenvalue weighted by Gasteiger charge is -2.17. The molecule has 0 bridgehead atoms. The van der Waals surface area contributed by atoms with Gasteiger partial charge in [0.25, 0.3) is 0 Å². The van der Waals surface area contributed by atoms with Crippen LogP contribution in [0.2, 0.25) is 0 Å². The predicted molar refractivity (Wildman–Crippen MR) is 92.2 cm³/mol. The zero-order valence-electron chi connectivity index (χ0n) is 13.8. The molecule has 1 fully saturated rings. The maximum Gasteiger partial charge on any atom is 0.232 e. The predicted octanol–water partition coefficient (Wildman–Crippen LogP) is 2.05. The van der Waals surface area contributed by atoms with E-state index in [4.69, 9.17) is 20.2 Å². The molecule has 1 amide bonds. The minimum Gasteiger partial charge on any atom is -0.493 e. The molecule has 1 aliphatic rings. The Balaban J connectivity index is 1.94. The average molecular weight is 376 g/mol. The largest absolute Gasteiger partial charge is 0.493 e. The summed E-state index contributed by atoms with van der Waals surface area (Å²) in [6.07, 6.45) is 0.896. The molecule has 1 saturated heterocycles. The van der Waals surface area contributed by atoms with Crippen LogP contribution in [0.15, 0.2) is 18.2 Å². The van der Waals surface area contributed by atoms with Crippen LogP contribution in [0.5, 0.6) is 11.5 Å². The molecule has 0 saturated carbocycles. The van der Waals surface area contributed by atoms with E-state index in [9.17, 15) is 13.2 Å². The molecule has 1 aliphatic heterocycles. The number of nitrogens with zero attached hydrogens (tertiary/aromatic N) is 1. The van der Waals surface area contributed by atoms with Gasteiger partial charge in [-0.2, -0.15) is 0 Å². The first kappa shape index (κ1) is 18.9. The first-order valence-electron chi connectivity index (χ1n) is 7.82. The Morgan fingerprint density at radius 3 is 2.71 bits per heavy atom. The summed E-state index contributed by atoms with van der Waals surface area (Å²) in [6, 6.07) is 5.69. The molecule has 1 aromatic rings. The van der Waals surface area contributed by atoms with Crippen LogP contribution < -0.4 is 9.47 Å². The number of likely N-dealkylation sites (tertiary alicyclic amines) is 1. The Morgan fingerprint density at radius 2 is 2.08 bits per heavy atom. The number of benzene rings is 1. The van der Waals surface area contributed by atoms with Crippen molar-refractivity contribution in [3.05, 3.63) is 23.8 Å². The van der Waals surface area contributed by atoms with E-state index < -0.39 is 9.05 Å². The van der Waals surface area contributed by atoms with Gasteiger partial charge in [-0.1, -0.05) is 6.07 Å². The molecule has 1 heterocycles. The molecular formula is C16H22ClNO5S.